The van der Waals surface area contributed by atoms with E-state index >= 15 is 0 Å². The van der Waals surface area contributed by atoms with E-state index in [9.17, 15) is 15.2 Å². The summed E-state index contributed by atoms with van der Waals surface area (Å²) in [7, 11) is 0. The average molecular weight is 287 g/mol. The van der Waals surface area contributed by atoms with Crippen LogP contribution in [0.4, 0.5) is 0 Å². The van der Waals surface area contributed by atoms with Crippen LogP contribution in [0.1, 0.15) is 22.5 Å². The smallest absolute Gasteiger partial charge is 0.258 e. The molecule has 2 aromatic carbocycles. The Morgan fingerprint density at radius 2 is 1.70 bits per heavy atom. The molecule has 102 valence electrons. The maximum atomic E-state index is 11.4. The predicted molar refractivity (Wildman–Crippen MR) is 77.2 cm³/mol. The number of benzene rings is 2. The Kier molecular flexibility index (Phi) is 3.46. The molecule has 0 radical (unpaired) electrons. The van der Waals surface area contributed by atoms with Crippen LogP contribution < -0.4 is 0 Å². The standard InChI is InChI=1S/C15H13NO3S/c17-14-11-8-4-5-9-12(11)20-15(13(14)16(18)19)10-6-2-1-3-7-10/h1-9,13-15,17H/t13-,14-,15+/m1/s1. The quantitative estimate of drug-likeness (QED) is 0.680. The Morgan fingerprint density at radius 1 is 1.05 bits per heavy atom. The predicted octanol–water partition coefficient (Wildman–Crippen LogP) is 3.21. The lowest BCUT2D eigenvalue weighted by molar-refractivity contribution is -0.536. The molecular formula is C15H13NO3S. The van der Waals surface area contributed by atoms with Crippen LogP contribution in [-0.4, -0.2) is 16.1 Å². The van der Waals surface area contributed by atoms with Crippen molar-refractivity contribution < 1.29 is 10.0 Å². The molecule has 0 saturated carbocycles. The molecule has 1 aliphatic heterocycles. The lowest BCUT2D eigenvalue weighted by Crippen LogP contribution is -2.35. The van der Waals surface area contributed by atoms with E-state index in [1.54, 1.807) is 12.1 Å². The van der Waals surface area contributed by atoms with Crippen LogP contribution in [0.3, 0.4) is 0 Å². The van der Waals surface area contributed by atoms with Crippen molar-refractivity contribution in [2.24, 2.45) is 0 Å². The lowest BCUT2D eigenvalue weighted by Gasteiger charge is -2.31. The van der Waals surface area contributed by atoms with Crippen LogP contribution >= 0.6 is 11.8 Å². The molecule has 0 spiro atoms. The summed E-state index contributed by atoms with van der Waals surface area (Å²) in [4.78, 5) is 11.9. The zero-order valence-electron chi connectivity index (χ0n) is 10.5. The van der Waals surface area contributed by atoms with Gasteiger partial charge in [-0.15, -0.1) is 11.8 Å². The Hall–Kier alpha value is -1.85. The zero-order chi connectivity index (χ0) is 14.1. The second-order valence-corrected chi connectivity index (χ2v) is 5.89. The summed E-state index contributed by atoms with van der Waals surface area (Å²) in [5.41, 5.74) is 1.51. The second kappa shape index (κ2) is 5.26. The summed E-state index contributed by atoms with van der Waals surface area (Å²) in [6.07, 6.45) is -1.08. The first kappa shape index (κ1) is 13.1. The van der Waals surface area contributed by atoms with Gasteiger partial charge in [-0.2, -0.15) is 0 Å². The molecule has 3 rings (SSSR count). The van der Waals surface area contributed by atoms with Gasteiger partial charge in [0.15, 0.2) is 0 Å². The number of nitro groups is 1. The van der Waals surface area contributed by atoms with Crippen LogP contribution in [0, 0.1) is 10.1 Å². The van der Waals surface area contributed by atoms with Crippen molar-refractivity contribution in [3.63, 3.8) is 0 Å². The molecule has 0 saturated heterocycles. The number of hydrogen-bond acceptors (Lipinski definition) is 4. The summed E-state index contributed by atoms with van der Waals surface area (Å²) < 4.78 is 0. The summed E-state index contributed by atoms with van der Waals surface area (Å²) in [5.74, 6) is 0. The first-order valence-corrected chi connectivity index (χ1v) is 7.18. The third kappa shape index (κ3) is 2.19. The van der Waals surface area contributed by atoms with Gasteiger partial charge in [0, 0.05) is 15.4 Å². The number of aliphatic hydroxyl groups is 1. The van der Waals surface area contributed by atoms with Gasteiger partial charge >= 0.3 is 0 Å². The summed E-state index contributed by atoms with van der Waals surface area (Å²) in [5, 5.41) is 21.4. The number of nitrogens with zero attached hydrogens (tertiary/aromatic N) is 1. The van der Waals surface area contributed by atoms with E-state index in [4.69, 9.17) is 0 Å². The van der Waals surface area contributed by atoms with E-state index in [2.05, 4.69) is 0 Å². The van der Waals surface area contributed by atoms with Crippen molar-refractivity contribution in [3.8, 4) is 0 Å². The molecule has 1 N–H and O–H groups in total. The van der Waals surface area contributed by atoms with E-state index in [1.165, 1.54) is 11.8 Å². The number of hydrogen-bond donors (Lipinski definition) is 1. The maximum absolute atomic E-state index is 11.4. The van der Waals surface area contributed by atoms with Crippen LogP contribution in [0.5, 0.6) is 0 Å². The maximum Gasteiger partial charge on any atom is 0.258 e. The second-order valence-electron chi connectivity index (χ2n) is 4.71. The monoisotopic (exact) mass is 287 g/mol. The molecule has 1 heterocycles. The molecule has 0 bridgehead atoms. The minimum atomic E-state index is -1.08. The lowest BCUT2D eigenvalue weighted by atomic mass is 9.95. The highest BCUT2D eigenvalue weighted by molar-refractivity contribution is 7.99. The van der Waals surface area contributed by atoms with Crippen LogP contribution in [0.2, 0.25) is 0 Å². The molecule has 0 aromatic heterocycles. The molecule has 2 aromatic rings. The van der Waals surface area contributed by atoms with Gasteiger partial charge in [-0.3, -0.25) is 10.1 Å². The Bertz CT molecular complexity index is 632. The average Bonchev–Trinajstić information content (AvgIpc) is 2.47. The van der Waals surface area contributed by atoms with E-state index in [-0.39, 0.29) is 10.2 Å². The molecule has 0 fully saturated rings. The van der Waals surface area contributed by atoms with Crippen molar-refractivity contribution in [1.29, 1.82) is 0 Å². The molecule has 1 aliphatic rings. The van der Waals surface area contributed by atoms with Crippen LogP contribution in [0.15, 0.2) is 59.5 Å². The fourth-order valence-electron chi connectivity index (χ4n) is 2.52. The third-order valence-electron chi connectivity index (χ3n) is 3.50. The highest BCUT2D eigenvalue weighted by Gasteiger charge is 2.45. The number of fused-ring (bicyclic) bond motifs is 1. The zero-order valence-corrected chi connectivity index (χ0v) is 11.4. The van der Waals surface area contributed by atoms with Gasteiger partial charge in [0.25, 0.3) is 6.04 Å². The topological polar surface area (TPSA) is 63.4 Å². The van der Waals surface area contributed by atoms with Crippen LogP contribution in [0.25, 0.3) is 0 Å². The summed E-state index contributed by atoms with van der Waals surface area (Å²) in [6, 6.07) is 15.6. The molecule has 4 nitrogen and oxygen atoms in total. The first-order valence-electron chi connectivity index (χ1n) is 6.30. The Labute approximate surface area is 120 Å². The van der Waals surface area contributed by atoms with E-state index in [1.807, 2.05) is 42.5 Å². The van der Waals surface area contributed by atoms with Gasteiger partial charge in [0.05, 0.1) is 0 Å². The third-order valence-corrected chi connectivity index (χ3v) is 4.93. The minimum absolute atomic E-state index is 0.370. The summed E-state index contributed by atoms with van der Waals surface area (Å²) in [6.45, 7) is 0. The van der Waals surface area contributed by atoms with E-state index in [0.29, 0.717) is 5.56 Å². The van der Waals surface area contributed by atoms with Crippen molar-refractivity contribution in [2.45, 2.75) is 22.3 Å². The van der Waals surface area contributed by atoms with Crippen molar-refractivity contribution in [2.75, 3.05) is 0 Å². The number of thioether (sulfide) groups is 1. The van der Waals surface area contributed by atoms with Crippen LogP contribution in [-0.2, 0) is 0 Å². The molecule has 0 unspecified atom stereocenters. The highest BCUT2D eigenvalue weighted by atomic mass is 32.2. The molecule has 0 aliphatic carbocycles. The Balaban J connectivity index is 2.08. The van der Waals surface area contributed by atoms with Gasteiger partial charge in [-0.25, -0.2) is 0 Å². The largest absolute Gasteiger partial charge is 0.381 e. The molecule has 3 atom stereocenters. The Morgan fingerprint density at radius 3 is 2.40 bits per heavy atom. The highest BCUT2D eigenvalue weighted by Crippen LogP contribution is 2.49. The molecule has 5 heteroatoms. The van der Waals surface area contributed by atoms with Gasteiger partial charge < -0.3 is 5.11 Å². The van der Waals surface area contributed by atoms with Gasteiger partial charge in [0.2, 0.25) is 0 Å². The number of rotatable bonds is 2. The normalized spacial score (nSPS) is 24.9. The fraction of sp³-hybridized carbons (Fsp3) is 0.200. The minimum Gasteiger partial charge on any atom is -0.381 e. The van der Waals surface area contributed by atoms with E-state index in [0.717, 1.165) is 10.5 Å². The van der Waals surface area contributed by atoms with Gasteiger partial charge in [-0.1, -0.05) is 48.5 Å². The fourth-order valence-corrected chi connectivity index (χ4v) is 3.96. The molecule has 0 amide bonds. The first-order chi connectivity index (χ1) is 9.68. The number of aliphatic hydroxyl groups excluding tert-OH is 1. The van der Waals surface area contributed by atoms with Gasteiger partial charge in [0.1, 0.15) is 11.4 Å². The van der Waals surface area contributed by atoms with Gasteiger partial charge in [-0.05, 0) is 11.6 Å². The van der Waals surface area contributed by atoms with Crippen molar-refractivity contribution >= 4 is 11.8 Å². The summed E-state index contributed by atoms with van der Waals surface area (Å²) >= 11 is 1.45. The SMILES string of the molecule is O=[N+]([O-])[C@@H]1[C@H](O)c2ccccc2S[C@H]1c1ccccc1. The van der Waals surface area contributed by atoms with Crippen molar-refractivity contribution in [1.82, 2.24) is 0 Å². The van der Waals surface area contributed by atoms with Crippen molar-refractivity contribution in [3.05, 3.63) is 75.8 Å². The van der Waals surface area contributed by atoms with E-state index < -0.39 is 12.1 Å². The molecule has 20 heavy (non-hydrogen) atoms. The molecular weight excluding hydrogens is 274 g/mol.